The van der Waals surface area contributed by atoms with Crippen molar-refractivity contribution in [3.05, 3.63) is 0 Å². The van der Waals surface area contributed by atoms with Crippen molar-refractivity contribution < 1.29 is 9.90 Å². The van der Waals surface area contributed by atoms with Crippen molar-refractivity contribution in [1.82, 2.24) is 10.2 Å². The molecule has 1 rings (SSSR count). The van der Waals surface area contributed by atoms with Crippen molar-refractivity contribution in [2.45, 2.75) is 40.2 Å². The quantitative estimate of drug-likeness (QED) is 0.783. The standard InChI is InChI=1S/C13H26N2O2/c1-10-5-11(14-9-13(2,3)4)7-15(6-10)8-12(16)17/h10-11,14H,5-9H2,1-4H3,(H,16,17). The summed E-state index contributed by atoms with van der Waals surface area (Å²) in [5, 5.41) is 12.4. The topological polar surface area (TPSA) is 52.6 Å². The number of likely N-dealkylation sites (tertiary alicyclic amines) is 1. The van der Waals surface area contributed by atoms with Gasteiger partial charge in [0, 0.05) is 25.7 Å². The summed E-state index contributed by atoms with van der Waals surface area (Å²) < 4.78 is 0. The minimum absolute atomic E-state index is 0.165. The van der Waals surface area contributed by atoms with Crippen molar-refractivity contribution in [2.75, 3.05) is 26.2 Å². The molecule has 0 aromatic rings. The van der Waals surface area contributed by atoms with E-state index in [0.29, 0.717) is 12.0 Å². The Morgan fingerprint density at radius 2 is 2.06 bits per heavy atom. The summed E-state index contributed by atoms with van der Waals surface area (Å²) in [6, 6.07) is 0.428. The van der Waals surface area contributed by atoms with Crippen molar-refractivity contribution in [1.29, 1.82) is 0 Å². The highest BCUT2D eigenvalue weighted by molar-refractivity contribution is 5.69. The second-order valence-electron chi connectivity index (χ2n) is 6.57. The van der Waals surface area contributed by atoms with Crippen LogP contribution >= 0.6 is 0 Å². The van der Waals surface area contributed by atoms with Gasteiger partial charge in [0.1, 0.15) is 0 Å². The molecule has 17 heavy (non-hydrogen) atoms. The van der Waals surface area contributed by atoms with Crippen LogP contribution in [0.15, 0.2) is 0 Å². The van der Waals surface area contributed by atoms with Gasteiger partial charge >= 0.3 is 5.97 Å². The molecule has 1 saturated heterocycles. The molecule has 0 spiro atoms. The first kappa shape index (κ1) is 14.5. The van der Waals surface area contributed by atoms with Crippen molar-refractivity contribution in [3.63, 3.8) is 0 Å². The van der Waals surface area contributed by atoms with Gasteiger partial charge in [0.15, 0.2) is 0 Å². The van der Waals surface area contributed by atoms with Crippen molar-refractivity contribution in [2.24, 2.45) is 11.3 Å². The zero-order chi connectivity index (χ0) is 13.1. The van der Waals surface area contributed by atoms with E-state index >= 15 is 0 Å². The molecular formula is C13H26N2O2. The number of carboxylic acid groups (broad SMARTS) is 1. The maximum Gasteiger partial charge on any atom is 0.317 e. The van der Waals surface area contributed by atoms with Crippen LogP contribution in [0.4, 0.5) is 0 Å². The van der Waals surface area contributed by atoms with Crippen molar-refractivity contribution >= 4 is 5.97 Å². The third-order valence-electron chi connectivity index (χ3n) is 3.02. The smallest absolute Gasteiger partial charge is 0.317 e. The van der Waals surface area contributed by atoms with Gasteiger partial charge in [0.05, 0.1) is 6.54 Å². The monoisotopic (exact) mass is 242 g/mol. The second-order valence-corrected chi connectivity index (χ2v) is 6.57. The van der Waals surface area contributed by atoms with Crippen LogP contribution in [0, 0.1) is 11.3 Å². The largest absolute Gasteiger partial charge is 0.480 e. The number of hydrogen-bond acceptors (Lipinski definition) is 3. The number of piperidine rings is 1. The van der Waals surface area contributed by atoms with Crippen LogP contribution in [0.25, 0.3) is 0 Å². The number of carbonyl (C=O) groups is 1. The summed E-state index contributed by atoms with van der Waals surface area (Å²) in [6.45, 7) is 11.7. The molecule has 4 heteroatoms. The molecule has 100 valence electrons. The van der Waals surface area contributed by atoms with Gasteiger partial charge in [-0.2, -0.15) is 0 Å². The number of carboxylic acids is 1. The lowest BCUT2D eigenvalue weighted by Gasteiger charge is -2.37. The van der Waals surface area contributed by atoms with Gasteiger partial charge < -0.3 is 10.4 Å². The number of aliphatic carboxylic acids is 1. The van der Waals surface area contributed by atoms with Gasteiger partial charge in [-0.15, -0.1) is 0 Å². The van der Waals surface area contributed by atoms with Crippen LogP contribution < -0.4 is 5.32 Å². The fraction of sp³-hybridized carbons (Fsp3) is 0.923. The van der Waals surface area contributed by atoms with Gasteiger partial charge in [0.25, 0.3) is 0 Å². The number of nitrogens with zero attached hydrogens (tertiary/aromatic N) is 1. The van der Waals surface area contributed by atoms with E-state index in [1.165, 1.54) is 0 Å². The Hall–Kier alpha value is -0.610. The van der Waals surface area contributed by atoms with E-state index in [1.807, 2.05) is 4.90 Å². The third kappa shape index (κ3) is 6.03. The lowest BCUT2D eigenvalue weighted by atomic mass is 9.93. The van der Waals surface area contributed by atoms with Crippen LogP contribution in [0.3, 0.4) is 0 Å². The Bertz CT molecular complexity index is 261. The molecule has 2 unspecified atom stereocenters. The van der Waals surface area contributed by atoms with Gasteiger partial charge in [-0.1, -0.05) is 27.7 Å². The molecule has 0 aromatic heterocycles. The van der Waals surface area contributed by atoms with Gasteiger partial charge in [-0.05, 0) is 17.8 Å². The summed E-state index contributed by atoms with van der Waals surface area (Å²) in [7, 11) is 0. The maximum atomic E-state index is 10.7. The first-order valence-corrected chi connectivity index (χ1v) is 6.44. The molecular weight excluding hydrogens is 216 g/mol. The number of nitrogens with one attached hydrogen (secondary N) is 1. The molecule has 0 aliphatic carbocycles. The summed E-state index contributed by atoms with van der Waals surface area (Å²) in [5.41, 5.74) is 0.276. The van der Waals surface area contributed by atoms with E-state index in [-0.39, 0.29) is 12.0 Å². The average Bonchev–Trinajstić information content (AvgIpc) is 2.11. The molecule has 1 aliphatic heterocycles. The van der Waals surface area contributed by atoms with Crippen molar-refractivity contribution in [3.8, 4) is 0 Å². The van der Waals surface area contributed by atoms with E-state index in [2.05, 4.69) is 33.0 Å². The molecule has 1 fully saturated rings. The Morgan fingerprint density at radius 3 is 2.59 bits per heavy atom. The molecule has 1 aliphatic rings. The molecule has 0 aromatic carbocycles. The van der Waals surface area contributed by atoms with Gasteiger partial charge in [0.2, 0.25) is 0 Å². The normalized spacial score (nSPS) is 27.1. The average molecular weight is 242 g/mol. The molecule has 0 bridgehead atoms. The van der Waals surface area contributed by atoms with E-state index in [9.17, 15) is 4.79 Å². The predicted octanol–water partition coefficient (Wildman–Crippen LogP) is 1.42. The fourth-order valence-corrected chi connectivity index (χ4v) is 2.38. The van der Waals surface area contributed by atoms with Crippen LogP contribution in [0.2, 0.25) is 0 Å². The summed E-state index contributed by atoms with van der Waals surface area (Å²) in [5.74, 6) is -0.158. The maximum absolute atomic E-state index is 10.7. The molecule has 0 radical (unpaired) electrons. The van der Waals surface area contributed by atoms with Crippen LogP contribution in [-0.4, -0.2) is 48.2 Å². The minimum atomic E-state index is -0.728. The van der Waals surface area contributed by atoms with Gasteiger partial charge in [-0.25, -0.2) is 0 Å². The Kier molecular flexibility index (Phi) is 4.95. The highest BCUT2D eigenvalue weighted by atomic mass is 16.4. The summed E-state index contributed by atoms with van der Waals surface area (Å²) in [6.07, 6.45) is 1.15. The van der Waals surface area contributed by atoms with Gasteiger partial charge in [-0.3, -0.25) is 9.69 Å². The number of hydrogen-bond donors (Lipinski definition) is 2. The molecule has 0 amide bonds. The van der Waals surface area contributed by atoms with Crippen LogP contribution in [-0.2, 0) is 4.79 Å². The molecule has 2 atom stereocenters. The first-order chi connectivity index (χ1) is 7.76. The summed E-state index contributed by atoms with van der Waals surface area (Å²) >= 11 is 0. The Labute approximate surface area is 104 Å². The zero-order valence-electron chi connectivity index (χ0n) is 11.5. The Morgan fingerprint density at radius 1 is 1.41 bits per heavy atom. The van der Waals surface area contributed by atoms with E-state index < -0.39 is 5.97 Å². The molecule has 1 heterocycles. The highest BCUT2D eigenvalue weighted by Crippen LogP contribution is 2.18. The fourth-order valence-electron chi connectivity index (χ4n) is 2.38. The van der Waals surface area contributed by atoms with Crippen LogP contribution in [0.1, 0.15) is 34.1 Å². The minimum Gasteiger partial charge on any atom is -0.480 e. The molecule has 4 nitrogen and oxygen atoms in total. The lowest BCUT2D eigenvalue weighted by Crippen LogP contribution is -2.51. The van der Waals surface area contributed by atoms with Crippen LogP contribution in [0.5, 0.6) is 0 Å². The van der Waals surface area contributed by atoms with E-state index in [4.69, 9.17) is 5.11 Å². The SMILES string of the molecule is CC1CC(NCC(C)(C)C)CN(CC(=O)O)C1. The molecule has 0 saturated carbocycles. The third-order valence-corrected chi connectivity index (χ3v) is 3.02. The first-order valence-electron chi connectivity index (χ1n) is 6.44. The second kappa shape index (κ2) is 5.83. The molecule has 2 N–H and O–H groups in total. The van der Waals surface area contributed by atoms with E-state index in [1.54, 1.807) is 0 Å². The zero-order valence-corrected chi connectivity index (χ0v) is 11.5. The lowest BCUT2D eigenvalue weighted by molar-refractivity contribution is -0.138. The highest BCUT2D eigenvalue weighted by Gasteiger charge is 2.26. The predicted molar refractivity (Wildman–Crippen MR) is 69.1 cm³/mol. The van der Waals surface area contributed by atoms with E-state index in [0.717, 1.165) is 26.1 Å². The summed E-state index contributed by atoms with van der Waals surface area (Å²) in [4.78, 5) is 12.8. The Balaban J connectivity index is 2.42. The number of rotatable bonds is 4.